The molecule has 9 heteroatoms. The molecule has 42 heavy (non-hydrogen) atoms. The van der Waals surface area contributed by atoms with Gasteiger partial charge in [0.1, 0.15) is 5.92 Å². The van der Waals surface area contributed by atoms with Crippen LogP contribution >= 0.6 is 0 Å². The summed E-state index contributed by atoms with van der Waals surface area (Å²) in [5.74, 6) is -1.38. The number of likely N-dealkylation sites (N-methyl/N-ethyl adjacent to an activating group) is 1. The van der Waals surface area contributed by atoms with E-state index in [-0.39, 0.29) is 17.9 Å². The SMILES string of the molecule is COC(=O)c1ccc2c(c1)NC(=O)C2C(=Nc1ccc(C(=O)N2CCC(OCCN(C)C)CC2)cc1)c1ccccc1. The van der Waals surface area contributed by atoms with Crippen LogP contribution in [0.3, 0.4) is 0 Å². The molecule has 1 saturated heterocycles. The van der Waals surface area contributed by atoms with Gasteiger partial charge in [-0.3, -0.25) is 14.6 Å². The predicted molar refractivity (Wildman–Crippen MR) is 162 cm³/mol. The molecule has 0 aliphatic carbocycles. The van der Waals surface area contributed by atoms with Crippen LogP contribution in [0.2, 0.25) is 0 Å². The second kappa shape index (κ2) is 13.1. The zero-order chi connectivity index (χ0) is 29.6. The molecule has 9 nitrogen and oxygen atoms in total. The predicted octanol–water partition coefficient (Wildman–Crippen LogP) is 4.51. The van der Waals surface area contributed by atoms with Crippen LogP contribution in [0.4, 0.5) is 11.4 Å². The molecule has 0 spiro atoms. The lowest BCUT2D eigenvalue weighted by molar-refractivity contribution is -0.115. The normalized spacial score (nSPS) is 17.2. The van der Waals surface area contributed by atoms with E-state index in [9.17, 15) is 14.4 Å². The number of carbonyl (C=O) groups excluding carboxylic acids is 3. The van der Waals surface area contributed by atoms with Crippen LogP contribution in [0.1, 0.15) is 50.6 Å². The molecule has 5 rings (SSSR count). The third-order valence-electron chi connectivity index (χ3n) is 7.63. The Morgan fingerprint density at radius 2 is 1.64 bits per heavy atom. The highest BCUT2D eigenvalue weighted by molar-refractivity contribution is 6.24. The number of nitrogens with zero attached hydrogens (tertiary/aromatic N) is 3. The number of amides is 2. The fraction of sp³-hybridized carbons (Fsp3) is 0.333. The maximum absolute atomic E-state index is 13.2. The van der Waals surface area contributed by atoms with E-state index >= 15 is 0 Å². The molecule has 0 bridgehead atoms. The summed E-state index contributed by atoms with van der Waals surface area (Å²) < 4.78 is 10.8. The van der Waals surface area contributed by atoms with Crippen LogP contribution in [0.5, 0.6) is 0 Å². The van der Waals surface area contributed by atoms with Gasteiger partial charge in [-0.05, 0) is 74.5 Å². The Morgan fingerprint density at radius 3 is 2.31 bits per heavy atom. The quantitative estimate of drug-likeness (QED) is 0.301. The van der Waals surface area contributed by atoms with Gasteiger partial charge in [0.15, 0.2) is 0 Å². The monoisotopic (exact) mass is 568 g/mol. The van der Waals surface area contributed by atoms with Gasteiger partial charge in [0.05, 0.1) is 36.8 Å². The van der Waals surface area contributed by atoms with Crippen molar-refractivity contribution in [3.8, 4) is 0 Å². The summed E-state index contributed by atoms with van der Waals surface area (Å²) in [5, 5.41) is 2.89. The number of ether oxygens (including phenoxy) is 2. The molecule has 3 aromatic carbocycles. The average Bonchev–Trinajstić information content (AvgIpc) is 3.34. The highest BCUT2D eigenvalue weighted by atomic mass is 16.5. The Morgan fingerprint density at radius 1 is 0.952 bits per heavy atom. The summed E-state index contributed by atoms with van der Waals surface area (Å²) in [6, 6.07) is 21.8. The topological polar surface area (TPSA) is 101 Å². The smallest absolute Gasteiger partial charge is 0.337 e. The molecule has 1 atom stereocenters. The van der Waals surface area contributed by atoms with Gasteiger partial charge in [-0.2, -0.15) is 0 Å². The van der Waals surface area contributed by atoms with Crippen molar-refractivity contribution in [2.45, 2.75) is 24.9 Å². The number of esters is 1. The third kappa shape index (κ3) is 6.58. The van der Waals surface area contributed by atoms with E-state index in [1.54, 1.807) is 42.5 Å². The first-order valence-corrected chi connectivity index (χ1v) is 14.2. The minimum atomic E-state index is -0.670. The molecule has 1 fully saturated rings. The Labute approximate surface area is 246 Å². The van der Waals surface area contributed by atoms with E-state index in [0.717, 1.165) is 30.5 Å². The Kier molecular flexibility index (Phi) is 9.09. The molecule has 2 aliphatic rings. The minimum Gasteiger partial charge on any atom is -0.465 e. The van der Waals surface area contributed by atoms with Crippen molar-refractivity contribution in [2.75, 3.05) is 52.8 Å². The molecule has 1 N–H and O–H groups in total. The fourth-order valence-corrected chi connectivity index (χ4v) is 5.31. The number of carbonyl (C=O) groups is 3. The molecule has 2 aliphatic heterocycles. The Bertz CT molecular complexity index is 1460. The first-order valence-electron chi connectivity index (χ1n) is 14.2. The Hall–Kier alpha value is -4.34. The number of aliphatic imine (C=N–C) groups is 1. The summed E-state index contributed by atoms with van der Waals surface area (Å²) in [7, 11) is 5.37. The van der Waals surface area contributed by atoms with Crippen LogP contribution in [0.25, 0.3) is 0 Å². The van der Waals surface area contributed by atoms with Crippen LogP contribution in [0, 0.1) is 0 Å². The summed E-state index contributed by atoms with van der Waals surface area (Å²) in [6.07, 6.45) is 1.84. The minimum absolute atomic E-state index is 0.00828. The summed E-state index contributed by atoms with van der Waals surface area (Å²) in [5.41, 5.74) is 4.26. The van der Waals surface area contributed by atoms with Crippen LogP contribution < -0.4 is 5.32 Å². The lowest BCUT2D eigenvalue weighted by atomic mass is 9.90. The molecule has 2 amide bonds. The second-order valence-electron chi connectivity index (χ2n) is 10.8. The van der Waals surface area contributed by atoms with Gasteiger partial charge < -0.3 is 24.6 Å². The van der Waals surface area contributed by atoms with E-state index in [2.05, 4.69) is 10.2 Å². The van der Waals surface area contributed by atoms with Crippen molar-refractivity contribution in [2.24, 2.45) is 4.99 Å². The molecule has 3 aromatic rings. The van der Waals surface area contributed by atoms with Gasteiger partial charge in [-0.15, -0.1) is 0 Å². The number of nitrogens with one attached hydrogen (secondary N) is 1. The van der Waals surface area contributed by atoms with Crippen molar-refractivity contribution < 1.29 is 23.9 Å². The average molecular weight is 569 g/mol. The van der Waals surface area contributed by atoms with Gasteiger partial charge in [0.25, 0.3) is 5.91 Å². The van der Waals surface area contributed by atoms with E-state index in [1.165, 1.54) is 7.11 Å². The van der Waals surface area contributed by atoms with E-state index in [4.69, 9.17) is 14.5 Å². The van der Waals surface area contributed by atoms with Crippen molar-refractivity contribution in [1.82, 2.24) is 9.80 Å². The largest absolute Gasteiger partial charge is 0.465 e. The molecular weight excluding hydrogens is 532 g/mol. The van der Waals surface area contributed by atoms with E-state index in [0.29, 0.717) is 47.9 Å². The molecule has 218 valence electrons. The fourth-order valence-electron chi connectivity index (χ4n) is 5.31. The number of anilines is 1. The van der Waals surface area contributed by atoms with Crippen LogP contribution in [-0.4, -0.2) is 86.8 Å². The highest BCUT2D eigenvalue weighted by Gasteiger charge is 2.36. The van der Waals surface area contributed by atoms with Gasteiger partial charge in [0.2, 0.25) is 5.91 Å². The maximum atomic E-state index is 13.2. The lowest BCUT2D eigenvalue weighted by Gasteiger charge is -2.32. The summed E-state index contributed by atoms with van der Waals surface area (Å²) in [4.78, 5) is 47.4. The van der Waals surface area contributed by atoms with Crippen molar-refractivity contribution in [3.05, 3.63) is 95.1 Å². The van der Waals surface area contributed by atoms with Gasteiger partial charge in [-0.25, -0.2) is 4.79 Å². The summed E-state index contributed by atoms with van der Waals surface area (Å²) in [6.45, 7) is 2.91. The number of benzene rings is 3. The van der Waals surface area contributed by atoms with Crippen LogP contribution in [-0.2, 0) is 14.3 Å². The molecule has 1 unspecified atom stereocenters. The van der Waals surface area contributed by atoms with Crippen LogP contribution in [0.15, 0.2) is 77.8 Å². The first-order chi connectivity index (χ1) is 20.3. The Balaban J connectivity index is 1.34. The van der Waals surface area contributed by atoms with Crippen molar-refractivity contribution in [3.63, 3.8) is 0 Å². The number of methoxy groups -OCH3 is 1. The van der Waals surface area contributed by atoms with Crippen molar-refractivity contribution in [1.29, 1.82) is 0 Å². The zero-order valence-electron chi connectivity index (χ0n) is 24.2. The number of fused-ring (bicyclic) bond motifs is 1. The molecule has 0 aromatic heterocycles. The van der Waals surface area contributed by atoms with E-state index < -0.39 is 11.9 Å². The number of rotatable bonds is 9. The number of likely N-dealkylation sites (tertiary alicyclic amines) is 1. The van der Waals surface area contributed by atoms with Gasteiger partial charge >= 0.3 is 5.97 Å². The molecule has 0 saturated carbocycles. The highest BCUT2D eigenvalue weighted by Crippen LogP contribution is 2.37. The number of piperidine rings is 1. The van der Waals surface area contributed by atoms with E-state index in [1.807, 2.05) is 49.3 Å². The maximum Gasteiger partial charge on any atom is 0.337 e. The van der Waals surface area contributed by atoms with Crippen molar-refractivity contribution >= 4 is 34.9 Å². The lowest BCUT2D eigenvalue weighted by Crippen LogP contribution is -2.41. The number of hydrogen-bond donors (Lipinski definition) is 1. The standard InChI is InChI=1S/C33H36N4O5/c1-36(2)19-20-42-26-15-17-37(18-16-26)32(39)23-9-12-25(13-10-23)34-30(22-7-5-4-6-8-22)29-27-14-11-24(33(40)41-3)21-28(27)35-31(29)38/h4-14,21,26,29H,15-20H2,1-3H3,(H,35,38). The third-order valence-corrected chi connectivity index (χ3v) is 7.63. The zero-order valence-corrected chi connectivity index (χ0v) is 24.2. The number of hydrogen-bond acceptors (Lipinski definition) is 7. The second-order valence-corrected chi connectivity index (χ2v) is 10.8. The molecule has 2 heterocycles. The van der Waals surface area contributed by atoms with Gasteiger partial charge in [-0.1, -0.05) is 36.4 Å². The molecular formula is C33H36N4O5. The van der Waals surface area contributed by atoms with Gasteiger partial charge in [0, 0.05) is 30.9 Å². The molecule has 0 radical (unpaired) electrons. The summed E-state index contributed by atoms with van der Waals surface area (Å²) >= 11 is 0. The first kappa shape index (κ1) is 29.2.